The molecule has 0 aliphatic carbocycles. The van der Waals surface area contributed by atoms with Crippen molar-refractivity contribution in [1.29, 1.82) is 0 Å². The average Bonchev–Trinajstić information content (AvgIpc) is 2.25. The Balaban J connectivity index is 3.66. The van der Waals surface area contributed by atoms with Gasteiger partial charge in [-0.25, -0.2) is 0 Å². The predicted octanol–water partition coefficient (Wildman–Crippen LogP) is 4.44. The first-order valence-corrected chi connectivity index (χ1v) is 6.35. The van der Waals surface area contributed by atoms with Crippen molar-refractivity contribution in [3.8, 4) is 0 Å². The Morgan fingerprint density at radius 3 is 2.56 bits per heavy atom. The maximum atomic E-state index is 4.12. The molecule has 0 amide bonds. The van der Waals surface area contributed by atoms with Gasteiger partial charge in [-0.15, -0.1) is 0 Å². The number of hydrogen-bond acceptors (Lipinski definition) is 1. The SMILES string of the molecule is C=C(CCNC(=C)CC)CC(C)/C=C/CC. The van der Waals surface area contributed by atoms with Crippen molar-refractivity contribution >= 4 is 0 Å². The summed E-state index contributed by atoms with van der Waals surface area (Å²) in [6, 6.07) is 0. The number of allylic oxidation sites excluding steroid dienone is 3. The zero-order valence-electron chi connectivity index (χ0n) is 11.2. The lowest BCUT2D eigenvalue weighted by Gasteiger charge is -2.11. The van der Waals surface area contributed by atoms with Crippen LogP contribution >= 0.6 is 0 Å². The van der Waals surface area contributed by atoms with Crippen LogP contribution in [0.3, 0.4) is 0 Å². The zero-order valence-corrected chi connectivity index (χ0v) is 11.2. The topological polar surface area (TPSA) is 12.0 Å². The fourth-order valence-electron chi connectivity index (χ4n) is 1.53. The summed E-state index contributed by atoms with van der Waals surface area (Å²) < 4.78 is 0. The van der Waals surface area contributed by atoms with Gasteiger partial charge in [0, 0.05) is 12.2 Å². The lowest BCUT2D eigenvalue weighted by atomic mass is 9.99. The minimum atomic E-state index is 0.613. The van der Waals surface area contributed by atoms with Crippen LogP contribution in [0.15, 0.2) is 36.6 Å². The summed E-state index contributed by atoms with van der Waals surface area (Å²) in [5, 5.41) is 3.31. The van der Waals surface area contributed by atoms with Gasteiger partial charge in [0.2, 0.25) is 0 Å². The molecule has 0 saturated carbocycles. The second-order valence-corrected chi connectivity index (χ2v) is 4.40. The van der Waals surface area contributed by atoms with Gasteiger partial charge in [0.05, 0.1) is 0 Å². The highest BCUT2D eigenvalue weighted by Crippen LogP contribution is 2.14. The third kappa shape index (κ3) is 8.34. The first kappa shape index (κ1) is 15.0. The van der Waals surface area contributed by atoms with Crippen molar-refractivity contribution in [3.63, 3.8) is 0 Å². The van der Waals surface area contributed by atoms with Gasteiger partial charge in [0.1, 0.15) is 0 Å². The van der Waals surface area contributed by atoms with Crippen molar-refractivity contribution in [1.82, 2.24) is 5.32 Å². The molecule has 0 bridgehead atoms. The molecule has 0 radical (unpaired) electrons. The van der Waals surface area contributed by atoms with Crippen LogP contribution in [0, 0.1) is 5.92 Å². The molecule has 0 spiro atoms. The van der Waals surface area contributed by atoms with Crippen LogP contribution in [0.4, 0.5) is 0 Å². The number of hydrogen-bond donors (Lipinski definition) is 1. The van der Waals surface area contributed by atoms with E-state index in [9.17, 15) is 0 Å². The first-order chi connectivity index (χ1) is 7.60. The van der Waals surface area contributed by atoms with Gasteiger partial charge in [-0.1, -0.05) is 51.7 Å². The van der Waals surface area contributed by atoms with Gasteiger partial charge in [-0.2, -0.15) is 0 Å². The third-order valence-electron chi connectivity index (χ3n) is 2.59. The Kier molecular flexibility index (Phi) is 8.69. The fourth-order valence-corrected chi connectivity index (χ4v) is 1.53. The van der Waals surface area contributed by atoms with Crippen LogP contribution in [-0.4, -0.2) is 6.54 Å². The quantitative estimate of drug-likeness (QED) is 0.568. The summed E-state index contributed by atoms with van der Waals surface area (Å²) in [4.78, 5) is 0. The molecule has 0 aromatic carbocycles. The second kappa shape index (κ2) is 9.26. The molecule has 0 heterocycles. The number of nitrogens with one attached hydrogen (secondary N) is 1. The Morgan fingerprint density at radius 1 is 1.31 bits per heavy atom. The minimum Gasteiger partial charge on any atom is -0.389 e. The standard InChI is InChI=1S/C15H27N/c1-6-8-9-13(3)12-14(4)10-11-16-15(5)7-2/h8-9,13,16H,4-7,10-12H2,1-3H3/b9-8+. The molecular weight excluding hydrogens is 194 g/mol. The Bertz CT molecular complexity index is 238. The summed E-state index contributed by atoms with van der Waals surface area (Å²) in [6.07, 6.45) is 8.77. The lowest BCUT2D eigenvalue weighted by Crippen LogP contribution is -2.14. The van der Waals surface area contributed by atoms with Crippen molar-refractivity contribution < 1.29 is 0 Å². The normalized spacial score (nSPS) is 12.7. The van der Waals surface area contributed by atoms with Crippen molar-refractivity contribution in [2.75, 3.05) is 6.54 Å². The van der Waals surface area contributed by atoms with Crippen molar-refractivity contribution in [2.24, 2.45) is 5.92 Å². The maximum Gasteiger partial charge on any atom is 0.0180 e. The van der Waals surface area contributed by atoms with E-state index in [0.717, 1.165) is 37.9 Å². The summed E-state index contributed by atoms with van der Waals surface area (Å²) in [5.74, 6) is 0.613. The van der Waals surface area contributed by atoms with Crippen LogP contribution < -0.4 is 5.32 Å². The third-order valence-corrected chi connectivity index (χ3v) is 2.59. The second-order valence-electron chi connectivity index (χ2n) is 4.40. The maximum absolute atomic E-state index is 4.12. The Hall–Kier alpha value is -0.980. The summed E-state index contributed by atoms with van der Waals surface area (Å²) in [6.45, 7) is 15.5. The molecule has 16 heavy (non-hydrogen) atoms. The molecule has 1 heteroatoms. The summed E-state index contributed by atoms with van der Waals surface area (Å²) >= 11 is 0. The van der Waals surface area contributed by atoms with Gasteiger partial charge in [0.25, 0.3) is 0 Å². The van der Waals surface area contributed by atoms with E-state index < -0.39 is 0 Å². The smallest absolute Gasteiger partial charge is 0.0180 e. The highest BCUT2D eigenvalue weighted by molar-refractivity contribution is 5.01. The Labute approximate surface area is 101 Å². The molecule has 0 aliphatic rings. The van der Waals surface area contributed by atoms with Gasteiger partial charge in [0.15, 0.2) is 0 Å². The van der Waals surface area contributed by atoms with E-state index >= 15 is 0 Å². The van der Waals surface area contributed by atoms with Gasteiger partial charge in [-0.3, -0.25) is 0 Å². The highest BCUT2D eigenvalue weighted by atomic mass is 14.9. The van der Waals surface area contributed by atoms with E-state index in [2.05, 4.69) is 51.4 Å². The van der Waals surface area contributed by atoms with E-state index in [-0.39, 0.29) is 0 Å². The van der Waals surface area contributed by atoms with E-state index in [1.54, 1.807) is 0 Å². The molecule has 0 aliphatic heterocycles. The van der Waals surface area contributed by atoms with E-state index in [0.29, 0.717) is 5.92 Å². The van der Waals surface area contributed by atoms with Crippen LogP contribution in [0.1, 0.15) is 46.5 Å². The van der Waals surface area contributed by atoms with E-state index in [1.807, 2.05) is 0 Å². The van der Waals surface area contributed by atoms with Gasteiger partial charge in [-0.05, 0) is 31.6 Å². The molecule has 1 N–H and O–H groups in total. The van der Waals surface area contributed by atoms with Crippen LogP contribution in [0.2, 0.25) is 0 Å². The van der Waals surface area contributed by atoms with Crippen molar-refractivity contribution in [2.45, 2.75) is 46.5 Å². The van der Waals surface area contributed by atoms with E-state index in [1.165, 1.54) is 5.57 Å². The van der Waals surface area contributed by atoms with Gasteiger partial charge >= 0.3 is 0 Å². The lowest BCUT2D eigenvalue weighted by molar-refractivity contribution is 0.668. The van der Waals surface area contributed by atoms with E-state index in [4.69, 9.17) is 0 Å². The van der Waals surface area contributed by atoms with Crippen LogP contribution in [-0.2, 0) is 0 Å². The highest BCUT2D eigenvalue weighted by Gasteiger charge is 2.00. The molecule has 1 atom stereocenters. The van der Waals surface area contributed by atoms with Crippen LogP contribution in [0.5, 0.6) is 0 Å². The molecule has 0 fully saturated rings. The molecule has 0 saturated heterocycles. The minimum absolute atomic E-state index is 0.613. The summed E-state index contributed by atoms with van der Waals surface area (Å²) in [5.41, 5.74) is 2.44. The van der Waals surface area contributed by atoms with Gasteiger partial charge < -0.3 is 5.32 Å². The Morgan fingerprint density at radius 2 is 2.00 bits per heavy atom. The molecule has 1 nitrogen and oxygen atoms in total. The summed E-state index contributed by atoms with van der Waals surface area (Å²) in [7, 11) is 0. The molecule has 92 valence electrons. The zero-order chi connectivity index (χ0) is 12.4. The fraction of sp³-hybridized carbons (Fsp3) is 0.600. The largest absolute Gasteiger partial charge is 0.389 e. The van der Waals surface area contributed by atoms with Crippen LogP contribution in [0.25, 0.3) is 0 Å². The molecule has 0 aromatic heterocycles. The monoisotopic (exact) mass is 221 g/mol. The first-order valence-electron chi connectivity index (χ1n) is 6.35. The van der Waals surface area contributed by atoms with Crippen molar-refractivity contribution in [3.05, 3.63) is 36.6 Å². The number of rotatable bonds is 9. The molecule has 1 unspecified atom stereocenters. The molecule has 0 rings (SSSR count). The predicted molar refractivity (Wildman–Crippen MR) is 74.4 cm³/mol. The molecule has 0 aromatic rings. The molecular formula is C15H27N. The average molecular weight is 221 g/mol.